The van der Waals surface area contributed by atoms with Crippen LogP contribution in [0.4, 0.5) is 0 Å². The van der Waals surface area contributed by atoms with E-state index in [0.29, 0.717) is 16.8 Å². The molecule has 6 nitrogen and oxygen atoms in total. The van der Waals surface area contributed by atoms with Crippen LogP contribution in [-0.2, 0) is 24.2 Å². The molecule has 0 aliphatic heterocycles. The number of hydrogen-bond acceptors (Lipinski definition) is 5. The van der Waals surface area contributed by atoms with Crippen LogP contribution in [0.2, 0.25) is 0 Å². The highest BCUT2D eigenvalue weighted by molar-refractivity contribution is 7.99. The summed E-state index contributed by atoms with van der Waals surface area (Å²) >= 11 is 1.38. The standard InChI is InChI=1S/C19H27N5OS/c1-13(2)11-24-19(21-22-23-24)26-12-18(25)20-14(3)16-9-8-15-6-4-5-7-17(15)10-16/h8-10,13-14H,4-7,11-12H2,1-3H3,(H,20,25)/t14-/m0/s1. The van der Waals surface area contributed by atoms with Crippen molar-refractivity contribution in [3.8, 4) is 0 Å². The fourth-order valence-electron chi connectivity index (χ4n) is 3.28. The van der Waals surface area contributed by atoms with Gasteiger partial charge in [-0.15, -0.1) is 5.10 Å². The van der Waals surface area contributed by atoms with Gasteiger partial charge in [0.1, 0.15) is 0 Å². The van der Waals surface area contributed by atoms with Crippen molar-refractivity contribution < 1.29 is 4.79 Å². The summed E-state index contributed by atoms with van der Waals surface area (Å²) in [6.45, 7) is 7.02. The fourth-order valence-corrected chi connectivity index (χ4v) is 3.98. The lowest BCUT2D eigenvalue weighted by Gasteiger charge is -2.20. The Labute approximate surface area is 159 Å². The van der Waals surface area contributed by atoms with Crippen LogP contribution in [-0.4, -0.2) is 31.9 Å². The number of aromatic nitrogens is 4. The first-order chi connectivity index (χ1) is 12.5. The number of carbonyl (C=O) groups is 1. The van der Waals surface area contributed by atoms with E-state index in [9.17, 15) is 4.79 Å². The van der Waals surface area contributed by atoms with Crippen LogP contribution in [0.15, 0.2) is 23.4 Å². The fraction of sp³-hybridized carbons (Fsp3) is 0.579. The minimum atomic E-state index is -0.000632. The highest BCUT2D eigenvalue weighted by Crippen LogP contribution is 2.25. The molecule has 1 aromatic heterocycles. The van der Waals surface area contributed by atoms with Gasteiger partial charge in [0.05, 0.1) is 11.8 Å². The van der Waals surface area contributed by atoms with Gasteiger partial charge in [-0.3, -0.25) is 4.79 Å². The van der Waals surface area contributed by atoms with Gasteiger partial charge in [0.25, 0.3) is 0 Å². The van der Waals surface area contributed by atoms with Gasteiger partial charge in [-0.05, 0) is 65.6 Å². The van der Waals surface area contributed by atoms with Gasteiger partial charge >= 0.3 is 0 Å². The van der Waals surface area contributed by atoms with Gasteiger partial charge in [0.15, 0.2) is 0 Å². The van der Waals surface area contributed by atoms with Crippen molar-refractivity contribution in [3.05, 3.63) is 34.9 Å². The Morgan fingerprint density at radius 1 is 1.23 bits per heavy atom. The minimum Gasteiger partial charge on any atom is -0.349 e. The largest absolute Gasteiger partial charge is 0.349 e. The molecule has 1 N–H and O–H groups in total. The molecule has 1 aliphatic carbocycles. The predicted octanol–water partition coefficient (Wildman–Crippen LogP) is 3.18. The topological polar surface area (TPSA) is 72.7 Å². The highest BCUT2D eigenvalue weighted by Gasteiger charge is 2.15. The number of thioether (sulfide) groups is 1. The van der Waals surface area contributed by atoms with E-state index in [2.05, 4.69) is 52.9 Å². The molecule has 26 heavy (non-hydrogen) atoms. The van der Waals surface area contributed by atoms with Crippen LogP contribution in [0.1, 0.15) is 56.3 Å². The molecule has 1 amide bonds. The quantitative estimate of drug-likeness (QED) is 0.755. The zero-order valence-corrected chi connectivity index (χ0v) is 16.6. The molecule has 0 spiro atoms. The van der Waals surface area contributed by atoms with Crippen LogP contribution in [0, 0.1) is 5.92 Å². The molecular weight excluding hydrogens is 346 g/mol. The molecule has 0 unspecified atom stereocenters. The number of amides is 1. The van der Waals surface area contributed by atoms with Gasteiger partial charge < -0.3 is 5.32 Å². The lowest BCUT2D eigenvalue weighted by atomic mass is 9.89. The number of rotatable bonds is 7. The summed E-state index contributed by atoms with van der Waals surface area (Å²) in [7, 11) is 0. The molecule has 1 heterocycles. The molecule has 3 rings (SSSR count). The lowest BCUT2D eigenvalue weighted by molar-refractivity contribution is -0.119. The summed E-state index contributed by atoms with van der Waals surface area (Å²) in [5, 5.41) is 15.5. The Bertz CT molecular complexity index is 758. The Hall–Kier alpha value is -1.89. The van der Waals surface area contributed by atoms with Crippen molar-refractivity contribution in [2.24, 2.45) is 5.92 Å². The number of aryl methyl sites for hydroxylation is 2. The molecule has 1 aromatic carbocycles. The number of carbonyl (C=O) groups excluding carboxylic acids is 1. The number of hydrogen-bond donors (Lipinski definition) is 1. The first-order valence-electron chi connectivity index (χ1n) is 9.33. The Morgan fingerprint density at radius 2 is 2.00 bits per heavy atom. The van der Waals surface area contributed by atoms with Gasteiger partial charge in [0.2, 0.25) is 11.1 Å². The maximum absolute atomic E-state index is 12.3. The van der Waals surface area contributed by atoms with Crippen molar-refractivity contribution in [2.45, 2.75) is 64.2 Å². The first-order valence-corrected chi connectivity index (χ1v) is 10.3. The molecular formula is C19H27N5OS. The van der Waals surface area contributed by atoms with E-state index >= 15 is 0 Å². The van der Waals surface area contributed by atoms with Gasteiger partial charge in [-0.25, -0.2) is 4.68 Å². The van der Waals surface area contributed by atoms with Crippen LogP contribution >= 0.6 is 11.8 Å². The Kier molecular flexibility index (Phi) is 6.29. The summed E-state index contributed by atoms with van der Waals surface area (Å²) in [5.74, 6) is 0.767. The van der Waals surface area contributed by atoms with E-state index in [1.54, 1.807) is 4.68 Å². The van der Waals surface area contributed by atoms with Crippen LogP contribution < -0.4 is 5.32 Å². The third kappa shape index (κ3) is 4.84. The molecule has 0 saturated heterocycles. The molecule has 7 heteroatoms. The monoisotopic (exact) mass is 373 g/mol. The van der Waals surface area contributed by atoms with Gasteiger partial charge in [-0.1, -0.05) is 43.8 Å². The van der Waals surface area contributed by atoms with Gasteiger partial charge in [0, 0.05) is 6.54 Å². The average molecular weight is 374 g/mol. The van der Waals surface area contributed by atoms with Crippen LogP contribution in [0.25, 0.3) is 0 Å². The smallest absolute Gasteiger partial charge is 0.230 e. The van der Waals surface area contributed by atoms with Crippen molar-refractivity contribution in [1.82, 2.24) is 25.5 Å². The predicted molar refractivity (Wildman–Crippen MR) is 103 cm³/mol. The molecule has 0 bridgehead atoms. The van der Waals surface area contributed by atoms with E-state index in [1.807, 2.05) is 6.92 Å². The zero-order valence-electron chi connectivity index (χ0n) is 15.7. The number of fused-ring (bicyclic) bond motifs is 1. The first kappa shape index (κ1) is 18.9. The summed E-state index contributed by atoms with van der Waals surface area (Å²) in [6.07, 6.45) is 4.88. The van der Waals surface area contributed by atoms with Crippen LogP contribution in [0.3, 0.4) is 0 Å². The van der Waals surface area contributed by atoms with Crippen molar-refractivity contribution >= 4 is 17.7 Å². The van der Waals surface area contributed by atoms with Crippen molar-refractivity contribution in [1.29, 1.82) is 0 Å². The van der Waals surface area contributed by atoms with E-state index in [1.165, 1.54) is 47.7 Å². The number of benzene rings is 1. The zero-order chi connectivity index (χ0) is 18.5. The molecule has 140 valence electrons. The average Bonchev–Trinajstić information content (AvgIpc) is 3.05. The van der Waals surface area contributed by atoms with Crippen molar-refractivity contribution in [2.75, 3.05) is 5.75 Å². The molecule has 0 fully saturated rings. The Balaban J connectivity index is 1.54. The highest BCUT2D eigenvalue weighted by atomic mass is 32.2. The maximum Gasteiger partial charge on any atom is 0.230 e. The summed E-state index contributed by atoms with van der Waals surface area (Å²) in [6, 6.07) is 6.63. The van der Waals surface area contributed by atoms with E-state index < -0.39 is 0 Å². The SMILES string of the molecule is CC(C)Cn1nnnc1SCC(=O)N[C@@H](C)c1ccc2c(c1)CCCC2. The lowest BCUT2D eigenvalue weighted by Crippen LogP contribution is -2.28. The summed E-state index contributed by atoms with van der Waals surface area (Å²) in [5.41, 5.74) is 4.08. The summed E-state index contributed by atoms with van der Waals surface area (Å²) < 4.78 is 1.76. The second kappa shape index (κ2) is 8.66. The molecule has 1 atom stereocenters. The second-order valence-electron chi connectivity index (χ2n) is 7.35. The minimum absolute atomic E-state index is 0.000632. The second-order valence-corrected chi connectivity index (χ2v) is 8.29. The third-order valence-corrected chi connectivity index (χ3v) is 5.58. The van der Waals surface area contributed by atoms with E-state index in [4.69, 9.17) is 0 Å². The molecule has 0 saturated carbocycles. The molecule has 2 aromatic rings. The Morgan fingerprint density at radius 3 is 2.77 bits per heavy atom. The number of nitrogens with one attached hydrogen (secondary N) is 1. The molecule has 0 radical (unpaired) electrons. The normalized spacial score (nSPS) is 14.9. The number of nitrogens with zero attached hydrogens (tertiary/aromatic N) is 4. The van der Waals surface area contributed by atoms with Crippen molar-refractivity contribution in [3.63, 3.8) is 0 Å². The molecule has 1 aliphatic rings. The third-order valence-electron chi connectivity index (χ3n) is 4.62. The summed E-state index contributed by atoms with van der Waals surface area (Å²) in [4.78, 5) is 12.3. The number of tetrazole rings is 1. The van der Waals surface area contributed by atoms with E-state index in [0.717, 1.165) is 13.0 Å². The van der Waals surface area contributed by atoms with E-state index in [-0.39, 0.29) is 11.9 Å². The maximum atomic E-state index is 12.3. The van der Waals surface area contributed by atoms with Crippen LogP contribution in [0.5, 0.6) is 0 Å². The van der Waals surface area contributed by atoms with Gasteiger partial charge in [-0.2, -0.15) is 0 Å².